The zero-order valence-electron chi connectivity index (χ0n) is 14.4. The number of carbonyl (C=O) groups excluding carboxylic acids is 1. The van der Waals surface area contributed by atoms with Crippen LogP contribution in [-0.4, -0.2) is 23.6 Å². The Morgan fingerprint density at radius 2 is 1.78 bits per heavy atom. The van der Waals surface area contributed by atoms with Crippen LogP contribution in [0.2, 0.25) is 0 Å². The predicted octanol–water partition coefficient (Wildman–Crippen LogP) is 3.65. The van der Waals surface area contributed by atoms with Crippen LogP contribution in [0.25, 0.3) is 0 Å². The first-order valence-corrected chi connectivity index (χ1v) is 8.14. The molecule has 0 aliphatic heterocycles. The van der Waals surface area contributed by atoms with Crippen molar-refractivity contribution in [2.45, 2.75) is 25.3 Å². The van der Waals surface area contributed by atoms with Crippen molar-refractivity contribution in [1.29, 1.82) is 0 Å². The number of hydrogen-bond acceptors (Lipinski definition) is 3. The highest BCUT2D eigenvalue weighted by Crippen LogP contribution is 2.36. The number of aliphatic carboxylic acids is 1. The standard InChI is InChI=1S/C19H18F3NO4/c1-2-27-16-6-4-3-5-14(16)19(21,22)18(26)23-15(11-17(24)25)12-7-9-13(20)10-8-12/h3-10,15H,2,11H2,1H3,(H,23,26)(H,24,25). The van der Waals surface area contributed by atoms with Gasteiger partial charge in [0.05, 0.1) is 24.6 Å². The molecule has 0 fully saturated rings. The fraction of sp³-hybridized carbons (Fsp3) is 0.263. The summed E-state index contributed by atoms with van der Waals surface area (Å²) in [7, 11) is 0. The van der Waals surface area contributed by atoms with E-state index in [1.807, 2.05) is 5.32 Å². The van der Waals surface area contributed by atoms with Crippen LogP contribution in [0.15, 0.2) is 48.5 Å². The molecule has 2 N–H and O–H groups in total. The molecule has 0 aliphatic rings. The number of hydrogen-bond donors (Lipinski definition) is 2. The Bertz CT molecular complexity index is 809. The van der Waals surface area contributed by atoms with Crippen LogP contribution in [0.5, 0.6) is 5.75 Å². The van der Waals surface area contributed by atoms with Crippen LogP contribution < -0.4 is 10.1 Å². The molecule has 5 nitrogen and oxygen atoms in total. The Kier molecular flexibility index (Phi) is 6.44. The van der Waals surface area contributed by atoms with Gasteiger partial charge in [-0.05, 0) is 36.8 Å². The molecule has 0 aromatic heterocycles. The molecule has 1 atom stereocenters. The maximum atomic E-state index is 14.7. The van der Waals surface area contributed by atoms with Crippen molar-refractivity contribution < 1.29 is 32.6 Å². The van der Waals surface area contributed by atoms with Gasteiger partial charge in [0, 0.05) is 0 Å². The maximum absolute atomic E-state index is 14.7. The Morgan fingerprint density at radius 3 is 2.37 bits per heavy atom. The lowest BCUT2D eigenvalue weighted by Gasteiger charge is -2.23. The van der Waals surface area contributed by atoms with Gasteiger partial charge in [0.1, 0.15) is 11.6 Å². The number of para-hydroxylation sites is 1. The van der Waals surface area contributed by atoms with E-state index in [9.17, 15) is 22.8 Å². The fourth-order valence-electron chi connectivity index (χ4n) is 2.50. The van der Waals surface area contributed by atoms with Gasteiger partial charge < -0.3 is 15.2 Å². The van der Waals surface area contributed by atoms with Gasteiger partial charge in [0.25, 0.3) is 5.91 Å². The largest absolute Gasteiger partial charge is 0.493 e. The Hall–Kier alpha value is -3.03. The van der Waals surface area contributed by atoms with E-state index in [2.05, 4.69) is 0 Å². The molecule has 2 aromatic carbocycles. The lowest BCUT2D eigenvalue weighted by Crippen LogP contribution is -2.41. The molecule has 2 rings (SSSR count). The summed E-state index contributed by atoms with van der Waals surface area (Å²) in [5.41, 5.74) is -0.432. The Morgan fingerprint density at radius 1 is 1.15 bits per heavy atom. The number of amides is 1. The second-order valence-corrected chi connectivity index (χ2v) is 5.68. The number of carboxylic acid groups (broad SMARTS) is 1. The van der Waals surface area contributed by atoms with Gasteiger partial charge in [-0.1, -0.05) is 24.3 Å². The highest BCUT2D eigenvalue weighted by atomic mass is 19.3. The monoisotopic (exact) mass is 381 g/mol. The number of alkyl halides is 2. The predicted molar refractivity (Wildman–Crippen MR) is 91.0 cm³/mol. The number of carboxylic acids is 1. The number of benzene rings is 2. The summed E-state index contributed by atoms with van der Waals surface area (Å²) in [6.45, 7) is 1.75. The van der Waals surface area contributed by atoms with Crippen molar-refractivity contribution in [1.82, 2.24) is 5.32 Å². The number of carbonyl (C=O) groups is 2. The molecule has 0 saturated heterocycles. The number of rotatable bonds is 8. The Balaban J connectivity index is 2.30. The van der Waals surface area contributed by atoms with E-state index in [0.717, 1.165) is 18.2 Å². The molecule has 2 aromatic rings. The molecule has 144 valence electrons. The van der Waals surface area contributed by atoms with Crippen molar-refractivity contribution in [2.24, 2.45) is 0 Å². The third kappa shape index (κ3) is 4.99. The summed E-state index contributed by atoms with van der Waals surface area (Å²) in [5, 5.41) is 11.1. The average molecular weight is 381 g/mol. The highest BCUT2D eigenvalue weighted by molar-refractivity contribution is 5.86. The van der Waals surface area contributed by atoms with E-state index in [-0.39, 0.29) is 17.9 Å². The minimum Gasteiger partial charge on any atom is -0.493 e. The molecule has 27 heavy (non-hydrogen) atoms. The molecule has 8 heteroatoms. The van der Waals surface area contributed by atoms with Crippen LogP contribution >= 0.6 is 0 Å². The zero-order chi connectivity index (χ0) is 20.0. The fourth-order valence-corrected chi connectivity index (χ4v) is 2.50. The summed E-state index contributed by atoms with van der Waals surface area (Å²) < 4.78 is 47.6. The molecular weight excluding hydrogens is 363 g/mol. The second kappa shape index (κ2) is 8.57. The first kappa shape index (κ1) is 20.3. The van der Waals surface area contributed by atoms with E-state index in [4.69, 9.17) is 9.84 Å². The summed E-state index contributed by atoms with van der Waals surface area (Å²) in [5.74, 6) is -7.65. The number of halogens is 3. The van der Waals surface area contributed by atoms with Gasteiger partial charge >= 0.3 is 11.9 Å². The zero-order valence-corrected chi connectivity index (χ0v) is 14.4. The third-order valence-electron chi connectivity index (χ3n) is 3.77. The van der Waals surface area contributed by atoms with E-state index in [0.29, 0.717) is 0 Å². The van der Waals surface area contributed by atoms with Gasteiger partial charge in [-0.25, -0.2) is 4.39 Å². The van der Waals surface area contributed by atoms with Crippen LogP contribution in [0, 0.1) is 5.82 Å². The van der Waals surface area contributed by atoms with Crippen LogP contribution in [0.3, 0.4) is 0 Å². The van der Waals surface area contributed by atoms with E-state index < -0.39 is 41.6 Å². The number of nitrogens with one attached hydrogen (secondary N) is 1. The summed E-state index contributed by atoms with van der Waals surface area (Å²) in [6, 6.07) is 8.54. The second-order valence-electron chi connectivity index (χ2n) is 5.68. The molecule has 1 amide bonds. The lowest BCUT2D eigenvalue weighted by molar-refractivity contribution is -0.148. The smallest absolute Gasteiger partial charge is 0.353 e. The van der Waals surface area contributed by atoms with Crippen molar-refractivity contribution in [3.8, 4) is 5.75 Å². The minimum absolute atomic E-state index is 0.131. The topological polar surface area (TPSA) is 75.6 Å². The Labute approximate surface area is 153 Å². The molecule has 0 aliphatic carbocycles. The quantitative estimate of drug-likeness (QED) is 0.732. The van der Waals surface area contributed by atoms with Crippen molar-refractivity contribution in [2.75, 3.05) is 6.61 Å². The number of ether oxygens (including phenoxy) is 1. The summed E-state index contributed by atoms with van der Waals surface area (Å²) in [6.07, 6.45) is -0.638. The van der Waals surface area contributed by atoms with Gasteiger partial charge in [0.2, 0.25) is 0 Å². The van der Waals surface area contributed by atoms with Crippen LogP contribution in [-0.2, 0) is 15.5 Å². The molecule has 0 saturated carbocycles. The molecule has 0 radical (unpaired) electrons. The van der Waals surface area contributed by atoms with E-state index in [1.54, 1.807) is 6.92 Å². The minimum atomic E-state index is -3.96. The third-order valence-corrected chi connectivity index (χ3v) is 3.77. The van der Waals surface area contributed by atoms with E-state index >= 15 is 0 Å². The SMILES string of the molecule is CCOc1ccccc1C(F)(F)C(=O)NC(CC(=O)O)c1ccc(F)cc1. The molecule has 0 spiro atoms. The van der Waals surface area contributed by atoms with Gasteiger partial charge in [0.15, 0.2) is 0 Å². The molecule has 1 unspecified atom stereocenters. The van der Waals surface area contributed by atoms with Gasteiger partial charge in [-0.2, -0.15) is 8.78 Å². The first-order chi connectivity index (χ1) is 12.8. The van der Waals surface area contributed by atoms with Gasteiger partial charge in [-0.3, -0.25) is 9.59 Å². The van der Waals surface area contributed by atoms with E-state index in [1.165, 1.54) is 30.3 Å². The van der Waals surface area contributed by atoms with Gasteiger partial charge in [-0.15, -0.1) is 0 Å². The average Bonchev–Trinajstić information content (AvgIpc) is 2.62. The lowest BCUT2D eigenvalue weighted by atomic mass is 10.0. The summed E-state index contributed by atoms with van der Waals surface area (Å²) in [4.78, 5) is 23.3. The van der Waals surface area contributed by atoms with Crippen LogP contribution in [0.1, 0.15) is 30.5 Å². The molecular formula is C19H18F3NO4. The highest BCUT2D eigenvalue weighted by Gasteiger charge is 2.44. The van der Waals surface area contributed by atoms with Crippen LogP contribution in [0.4, 0.5) is 13.2 Å². The van der Waals surface area contributed by atoms with Crippen molar-refractivity contribution >= 4 is 11.9 Å². The summed E-state index contributed by atoms with van der Waals surface area (Å²) >= 11 is 0. The normalized spacial score (nSPS) is 12.3. The van der Waals surface area contributed by atoms with Crippen molar-refractivity contribution in [3.63, 3.8) is 0 Å². The maximum Gasteiger partial charge on any atom is 0.353 e. The first-order valence-electron chi connectivity index (χ1n) is 8.14. The van der Waals surface area contributed by atoms with Crippen molar-refractivity contribution in [3.05, 3.63) is 65.5 Å². The molecule has 0 heterocycles. The molecule has 0 bridgehead atoms.